The van der Waals surface area contributed by atoms with Crippen molar-refractivity contribution >= 4 is 17.5 Å². The molecule has 2 aromatic rings. The summed E-state index contributed by atoms with van der Waals surface area (Å²) in [5.74, 6) is 0.500. The van der Waals surface area contributed by atoms with Gasteiger partial charge in [-0.3, -0.25) is 4.79 Å². The van der Waals surface area contributed by atoms with Gasteiger partial charge < -0.3 is 0 Å². The van der Waals surface area contributed by atoms with E-state index in [1.54, 1.807) is 12.4 Å². The molecule has 2 rings (SSSR count). The Kier molecular flexibility index (Phi) is 5.24. The third kappa shape index (κ3) is 4.42. The quantitative estimate of drug-likeness (QED) is 0.352. The molecule has 0 amide bonds. The molecular weight excluding hydrogens is 275 g/mol. The van der Waals surface area contributed by atoms with Gasteiger partial charge in [0.05, 0.1) is 0 Å². The summed E-state index contributed by atoms with van der Waals surface area (Å²) < 4.78 is 12.7. The van der Waals surface area contributed by atoms with E-state index in [1.165, 1.54) is 36.0 Å². The molecule has 0 saturated heterocycles. The Bertz CT molecular complexity index is 569. The molecule has 0 aliphatic rings. The summed E-state index contributed by atoms with van der Waals surface area (Å²) in [6.07, 6.45) is 4.75. The van der Waals surface area contributed by atoms with Gasteiger partial charge in [0.1, 0.15) is 5.82 Å². The van der Waals surface area contributed by atoms with Gasteiger partial charge in [-0.1, -0.05) is 11.8 Å². The van der Waals surface area contributed by atoms with Gasteiger partial charge in [0.25, 0.3) is 0 Å². The van der Waals surface area contributed by atoms with E-state index in [0.29, 0.717) is 12.0 Å². The van der Waals surface area contributed by atoms with Gasteiger partial charge in [-0.2, -0.15) is 0 Å². The molecule has 1 heterocycles. The van der Waals surface area contributed by atoms with Gasteiger partial charge >= 0.3 is 0 Å². The fraction of sp³-hybridized carbons (Fsp3) is 0.267. The number of hydrogen-bond donors (Lipinski definition) is 0. The normalized spacial score (nSPS) is 10.5. The first-order valence-electron chi connectivity index (χ1n) is 6.35. The molecule has 0 spiro atoms. The fourth-order valence-electron chi connectivity index (χ4n) is 1.63. The highest BCUT2D eigenvalue weighted by molar-refractivity contribution is 7.99. The number of ketones is 1. The Morgan fingerprint density at radius 3 is 2.50 bits per heavy atom. The van der Waals surface area contributed by atoms with E-state index < -0.39 is 0 Å². The summed E-state index contributed by atoms with van der Waals surface area (Å²) in [7, 11) is 0. The Morgan fingerprint density at radius 2 is 1.85 bits per heavy atom. The Morgan fingerprint density at radius 1 is 1.20 bits per heavy atom. The number of carbonyl (C=O) groups excluding carboxylic acids is 1. The van der Waals surface area contributed by atoms with E-state index in [9.17, 15) is 9.18 Å². The molecule has 104 valence electrons. The molecule has 1 aromatic heterocycles. The van der Waals surface area contributed by atoms with E-state index in [4.69, 9.17) is 0 Å². The Labute approximate surface area is 121 Å². The maximum absolute atomic E-state index is 12.7. The summed E-state index contributed by atoms with van der Waals surface area (Å²) in [5, 5.41) is 0.727. The van der Waals surface area contributed by atoms with Crippen molar-refractivity contribution in [2.24, 2.45) is 0 Å². The zero-order chi connectivity index (χ0) is 14.4. The van der Waals surface area contributed by atoms with Crippen LogP contribution in [0.1, 0.15) is 28.8 Å². The van der Waals surface area contributed by atoms with Gasteiger partial charge in [-0.25, -0.2) is 14.4 Å². The van der Waals surface area contributed by atoms with Crippen LogP contribution in [-0.2, 0) is 0 Å². The van der Waals surface area contributed by atoms with Crippen LogP contribution in [0.15, 0.2) is 41.8 Å². The summed E-state index contributed by atoms with van der Waals surface area (Å²) in [4.78, 5) is 20.2. The highest BCUT2D eigenvalue weighted by Crippen LogP contribution is 2.15. The number of benzene rings is 1. The second-order valence-corrected chi connectivity index (χ2v) is 5.49. The largest absolute Gasteiger partial charge is 0.294 e. The number of aryl methyl sites for hydroxylation is 1. The summed E-state index contributed by atoms with van der Waals surface area (Å²) in [6, 6.07) is 5.66. The number of nitrogens with zero attached hydrogens (tertiary/aromatic N) is 2. The SMILES string of the molecule is Cc1cnc(SCCCC(=O)c2ccc(F)cc2)nc1. The molecule has 0 unspecified atom stereocenters. The predicted octanol–water partition coefficient (Wildman–Crippen LogP) is 3.68. The lowest BCUT2D eigenvalue weighted by Gasteiger charge is -2.02. The van der Waals surface area contributed by atoms with Crippen LogP contribution in [-0.4, -0.2) is 21.5 Å². The van der Waals surface area contributed by atoms with E-state index >= 15 is 0 Å². The number of thioether (sulfide) groups is 1. The van der Waals surface area contributed by atoms with Crippen LogP contribution in [0.5, 0.6) is 0 Å². The van der Waals surface area contributed by atoms with E-state index in [1.807, 2.05) is 6.92 Å². The summed E-state index contributed by atoms with van der Waals surface area (Å²) >= 11 is 1.53. The van der Waals surface area contributed by atoms with Crippen molar-refractivity contribution in [3.05, 3.63) is 53.6 Å². The zero-order valence-electron chi connectivity index (χ0n) is 11.2. The van der Waals surface area contributed by atoms with Gasteiger partial charge in [-0.05, 0) is 43.2 Å². The van der Waals surface area contributed by atoms with Crippen molar-refractivity contribution in [2.75, 3.05) is 5.75 Å². The monoisotopic (exact) mass is 290 g/mol. The second-order valence-electron chi connectivity index (χ2n) is 4.43. The lowest BCUT2D eigenvalue weighted by molar-refractivity contribution is 0.0982. The van der Waals surface area contributed by atoms with Crippen LogP contribution in [0.4, 0.5) is 4.39 Å². The highest BCUT2D eigenvalue weighted by atomic mass is 32.2. The van der Waals surface area contributed by atoms with E-state index in [-0.39, 0.29) is 11.6 Å². The molecule has 0 aliphatic heterocycles. The second kappa shape index (κ2) is 7.14. The minimum atomic E-state index is -0.325. The minimum absolute atomic E-state index is 0.0374. The van der Waals surface area contributed by atoms with Gasteiger partial charge in [0.15, 0.2) is 10.9 Å². The number of Topliss-reactive ketones (excluding diaryl/α,β-unsaturated/α-hetero) is 1. The molecule has 0 N–H and O–H groups in total. The summed E-state index contributed by atoms with van der Waals surface area (Å²) in [6.45, 7) is 1.94. The van der Waals surface area contributed by atoms with Crippen LogP contribution in [0.25, 0.3) is 0 Å². The topological polar surface area (TPSA) is 42.9 Å². The molecule has 3 nitrogen and oxygen atoms in total. The molecule has 0 saturated carbocycles. The average Bonchev–Trinajstić information content (AvgIpc) is 2.46. The number of aromatic nitrogens is 2. The van der Waals surface area contributed by atoms with Gasteiger partial charge in [0.2, 0.25) is 0 Å². The van der Waals surface area contributed by atoms with E-state index in [2.05, 4.69) is 9.97 Å². The lowest BCUT2D eigenvalue weighted by Crippen LogP contribution is -2.00. The predicted molar refractivity (Wildman–Crippen MR) is 77.5 cm³/mol. The minimum Gasteiger partial charge on any atom is -0.294 e. The molecule has 0 aliphatic carbocycles. The molecule has 0 bridgehead atoms. The van der Waals surface area contributed by atoms with Gasteiger partial charge in [0, 0.05) is 30.1 Å². The van der Waals surface area contributed by atoms with E-state index in [0.717, 1.165) is 22.9 Å². The smallest absolute Gasteiger partial charge is 0.187 e. The summed E-state index contributed by atoms with van der Waals surface area (Å²) in [5.41, 5.74) is 1.59. The van der Waals surface area contributed by atoms with Crippen LogP contribution in [0, 0.1) is 12.7 Å². The first kappa shape index (κ1) is 14.7. The molecule has 5 heteroatoms. The maximum Gasteiger partial charge on any atom is 0.187 e. The first-order chi connectivity index (χ1) is 9.65. The van der Waals surface area contributed by atoms with Crippen LogP contribution < -0.4 is 0 Å². The zero-order valence-corrected chi connectivity index (χ0v) is 12.0. The molecule has 1 aromatic carbocycles. The van der Waals surface area contributed by atoms with Crippen molar-refractivity contribution in [1.29, 1.82) is 0 Å². The average molecular weight is 290 g/mol. The first-order valence-corrected chi connectivity index (χ1v) is 7.34. The molecule has 0 atom stereocenters. The van der Waals surface area contributed by atoms with Crippen LogP contribution in [0.2, 0.25) is 0 Å². The third-order valence-corrected chi connectivity index (χ3v) is 3.66. The third-order valence-electron chi connectivity index (χ3n) is 2.70. The maximum atomic E-state index is 12.7. The standard InChI is InChI=1S/C15H15FN2OS/c1-11-9-17-15(18-10-11)20-8-2-3-14(19)12-4-6-13(16)7-5-12/h4-7,9-10H,2-3,8H2,1H3. The molecule has 0 radical (unpaired) electrons. The highest BCUT2D eigenvalue weighted by Gasteiger charge is 2.06. The Balaban J connectivity index is 1.74. The van der Waals surface area contributed by atoms with Crippen molar-refractivity contribution in [1.82, 2.24) is 9.97 Å². The van der Waals surface area contributed by atoms with Crippen molar-refractivity contribution in [2.45, 2.75) is 24.9 Å². The van der Waals surface area contributed by atoms with Crippen LogP contribution >= 0.6 is 11.8 Å². The van der Waals surface area contributed by atoms with Crippen LogP contribution in [0.3, 0.4) is 0 Å². The molecule has 20 heavy (non-hydrogen) atoms. The lowest BCUT2D eigenvalue weighted by atomic mass is 10.1. The number of rotatable bonds is 6. The van der Waals surface area contributed by atoms with Crippen molar-refractivity contribution in [3.8, 4) is 0 Å². The number of hydrogen-bond acceptors (Lipinski definition) is 4. The van der Waals surface area contributed by atoms with Crippen molar-refractivity contribution < 1.29 is 9.18 Å². The van der Waals surface area contributed by atoms with Gasteiger partial charge in [-0.15, -0.1) is 0 Å². The fourth-order valence-corrected chi connectivity index (χ4v) is 2.36. The molecular formula is C15H15FN2OS. The Hall–Kier alpha value is -1.75. The number of carbonyl (C=O) groups is 1. The molecule has 0 fully saturated rings. The van der Waals surface area contributed by atoms with Crippen molar-refractivity contribution in [3.63, 3.8) is 0 Å². The number of halogens is 1.